The van der Waals surface area contributed by atoms with Crippen molar-refractivity contribution in [3.63, 3.8) is 0 Å². The van der Waals surface area contributed by atoms with Gasteiger partial charge in [0.05, 0.1) is 0 Å². The van der Waals surface area contributed by atoms with E-state index < -0.39 is 0 Å². The molecule has 0 atom stereocenters. The highest BCUT2D eigenvalue weighted by atomic mass is 16.5. The fraction of sp³-hybridized carbons (Fsp3) is 0.0588. The number of H-pyrrole nitrogens is 1. The minimum absolute atomic E-state index is 0.553. The number of rotatable bonds is 2. The molecule has 0 aliphatic heterocycles. The van der Waals surface area contributed by atoms with Gasteiger partial charge in [-0.05, 0) is 42.8 Å². The van der Waals surface area contributed by atoms with Crippen molar-refractivity contribution >= 4 is 10.9 Å². The highest BCUT2D eigenvalue weighted by molar-refractivity contribution is 5.83. The normalized spacial score (nSPS) is 11.1. The summed E-state index contributed by atoms with van der Waals surface area (Å²) in [5, 5.41) is 5.23. The molecule has 0 unspecified atom stereocenters. The van der Waals surface area contributed by atoms with E-state index in [1.54, 1.807) is 0 Å². The van der Waals surface area contributed by atoms with E-state index in [2.05, 4.69) is 21.2 Å². The third-order valence-corrected chi connectivity index (χ3v) is 3.61. The van der Waals surface area contributed by atoms with Crippen LogP contribution < -0.4 is 0 Å². The standard InChI is InChI=1S/C17H13N3O/c1-11-4-2-3-5-14(11)17-19-16(20-21-17)13-6-7-15-12(10-13)8-9-18-15/h2-10,18H,1H3. The Morgan fingerprint density at radius 3 is 2.86 bits per heavy atom. The third-order valence-electron chi connectivity index (χ3n) is 3.61. The summed E-state index contributed by atoms with van der Waals surface area (Å²) in [5.74, 6) is 1.16. The van der Waals surface area contributed by atoms with Crippen molar-refractivity contribution < 1.29 is 4.52 Å². The zero-order valence-corrected chi connectivity index (χ0v) is 11.5. The average molecular weight is 275 g/mol. The van der Waals surface area contributed by atoms with Crippen LogP contribution in [0.3, 0.4) is 0 Å². The Balaban J connectivity index is 1.78. The summed E-state index contributed by atoms with van der Waals surface area (Å²) in [6, 6.07) is 16.1. The fourth-order valence-electron chi connectivity index (χ4n) is 2.46. The van der Waals surface area contributed by atoms with E-state index in [4.69, 9.17) is 4.52 Å². The van der Waals surface area contributed by atoms with E-state index in [1.807, 2.05) is 55.6 Å². The number of fused-ring (bicyclic) bond motifs is 1. The molecule has 0 fully saturated rings. The highest BCUT2D eigenvalue weighted by Crippen LogP contribution is 2.26. The summed E-state index contributed by atoms with van der Waals surface area (Å²) < 4.78 is 5.41. The van der Waals surface area contributed by atoms with E-state index in [1.165, 1.54) is 0 Å². The van der Waals surface area contributed by atoms with Gasteiger partial charge in [0.1, 0.15) is 0 Å². The molecule has 0 saturated carbocycles. The van der Waals surface area contributed by atoms with Crippen molar-refractivity contribution in [1.29, 1.82) is 0 Å². The first kappa shape index (κ1) is 11.9. The molecule has 102 valence electrons. The van der Waals surface area contributed by atoms with Gasteiger partial charge in [-0.2, -0.15) is 4.98 Å². The van der Waals surface area contributed by atoms with E-state index in [0.29, 0.717) is 11.7 Å². The molecule has 0 aliphatic rings. The van der Waals surface area contributed by atoms with Gasteiger partial charge in [0.2, 0.25) is 5.82 Å². The van der Waals surface area contributed by atoms with E-state index in [-0.39, 0.29) is 0 Å². The number of aromatic amines is 1. The molecule has 4 rings (SSSR count). The molecule has 2 aromatic heterocycles. The minimum Gasteiger partial charge on any atom is -0.361 e. The summed E-state index contributed by atoms with van der Waals surface area (Å²) in [6.07, 6.45) is 1.92. The Labute approximate surface area is 121 Å². The van der Waals surface area contributed by atoms with Crippen LogP contribution in [0.15, 0.2) is 59.3 Å². The molecule has 0 bridgehead atoms. The van der Waals surface area contributed by atoms with Crippen molar-refractivity contribution in [1.82, 2.24) is 15.1 Å². The summed E-state index contributed by atoms with van der Waals surface area (Å²) in [7, 11) is 0. The van der Waals surface area contributed by atoms with E-state index in [9.17, 15) is 0 Å². The van der Waals surface area contributed by atoms with Gasteiger partial charge in [-0.25, -0.2) is 0 Å². The maximum absolute atomic E-state index is 5.41. The Kier molecular flexibility index (Phi) is 2.60. The lowest BCUT2D eigenvalue weighted by molar-refractivity contribution is 0.432. The maximum atomic E-state index is 5.41. The van der Waals surface area contributed by atoms with E-state index in [0.717, 1.165) is 27.6 Å². The zero-order valence-electron chi connectivity index (χ0n) is 11.5. The van der Waals surface area contributed by atoms with Crippen LogP contribution in [0.2, 0.25) is 0 Å². The van der Waals surface area contributed by atoms with Crippen LogP contribution in [-0.4, -0.2) is 15.1 Å². The van der Waals surface area contributed by atoms with Crippen LogP contribution in [0.4, 0.5) is 0 Å². The summed E-state index contributed by atoms with van der Waals surface area (Å²) in [5.41, 5.74) is 4.14. The molecule has 0 radical (unpaired) electrons. The van der Waals surface area contributed by atoms with Gasteiger partial charge < -0.3 is 9.51 Å². The zero-order chi connectivity index (χ0) is 14.2. The molecule has 4 heteroatoms. The lowest BCUT2D eigenvalue weighted by Gasteiger charge is -1.98. The first-order valence-electron chi connectivity index (χ1n) is 6.78. The smallest absolute Gasteiger partial charge is 0.258 e. The van der Waals surface area contributed by atoms with Crippen LogP contribution in [0, 0.1) is 6.92 Å². The van der Waals surface area contributed by atoms with Gasteiger partial charge in [-0.15, -0.1) is 0 Å². The Hall–Kier alpha value is -2.88. The van der Waals surface area contributed by atoms with Gasteiger partial charge in [0.15, 0.2) is 0 Å². The average Bonchev–Trinajstić information content (AvgIpc) is 3.16. The Bertz CT molecular complexity index is 920. The molecule has 1 N–H and O–H groups in total. The molecule has 2 aromatic carbocycles. The molecular formula is C17H13N3O. The molecule has 0 saturated heterocycles. The lowest BCUT2D eigenvalue weighted by atomic mass is 10.1. The third kappa shape index (κ3) is 2.01. The lowest BCUT2D eigenvalue weighted by Crippen LogP contribution is -1.83. The van der Waals surface area contributed by atoms with Crippen molar-refractivity contribution in [3.05, 3.63) is 60.3 Å². The second-order valence-electron chi connectivity index (χ2n) is 5.02. The molecule has 2 heterocycles. The molecule has 4 aromatic rings. The van der Waals surface area contributed by atoms with Crippen molar-refractivity contribution in [2.75, 3.05) is 0 Å². The molecule has 0 aliphatic carbocycles. The summed E-state index contributed by atoms with van der Waals surface area (Å²) >= 11 is 0. The Morgan fingerprint density at radius 2 is 1.95 bits per heavy atom. The van der Waals surface area contributed by atoms with Crippen LogP contribution in [0.25, 0.3) is 33.7 Å². The fourth-order valence-corrected chi connectivity index (χ4v) is 2.46. The molecule has 21 heavy (non-hydrogen) atoms. The van der Waals surface area contributed by atoms with Gasteiger partial charge in [0, 0.05) is 28.2 Å². The minimum atomic E-state index is 0.553. The molecule has 0 spiro atoms. The predicted octanol–water partition coefficient (Wildman–Crippen LogP) is 4.19. The number of nitrogens with one attached hydrogen (secondary N) is 1. The molecular weight excluding hydrogens is 262 g/mol. The van der Waals surface area contributed by atoms with Crippen molar-refractivity contribution in [3.8, 4) is 22.8 Å². The number of benzene rings is 2. The monoisotopic (exact) mass is 275 g/mol. The maximum Gasteiger partial charge on any atom is 0.258 e. The van der Waals surface area contributed by atoms with Crippen LogP contribution >= 0.6 is 0 Å². The number of nitrogens with zero attached hydrogens (tertiary/aromatic N) is 2. The summed E-state index contributed by atoms with van der Waals surface area (Å²) in [4.78, 5) is 7.69. The first-order chi connectivity index (χ1) is 10.3. The topological polar surface area (TPSA) is 54.7 Å². The van der Waals surface area contributed by atoms with Crippen molar-refractivity contribution in [2.24, 2.45) is 0 Å². The van der Waals surface area contributed by atoms with Crippen LogP contribution in [0.1, 0.15) is 5.56 Å². The van der Waals surface area contributed by atoms with Gasteiger partial charge >= 0.3 is 0 Å². The molecule has 0 amide bonds. The summed E-state index contributed by atoms with van der Waals surface area (Å²) in [6.45, 7) is 2.03. The molecule has 4 nitrogen and oxygen atoms in total. The van der Waals surface area contributed by atoms with Gasteiger partial charge in [-0.3, -0.25) is 0 Å². The van der Waals surface area contributed by atoms with Crippen LogP contribution in [0.5, 0.6) is 0 Å². The number of aromatic nitrogens is 3. The quantitative estimate of drug-likeness (QED) is 0.596. The predicted molar refractivity (Wildman–Crippen MR) is 81.8 cm³/mol. The largest absolute Gasteiger partial charge is 0.361 e. The van der Waals surface area contributed by atoms with Gasteiger partial charge in [-0.1, -0.05) is 23.4 Å². The van der Waals surface area contributed by atoms with E-state index >= 15 is 0 Å². The second-order valence-corrected chi connectivity index (χ2v) is 5.02. The first-order valence-corrected chi connectivity index (χ1v) is 6.78. The highest BCUT2D eigenvalue weighted by Gasteiger charge is 2.12. The van der Waals surface area contributed by atoms with Crippen molar-refractivity contribution in [2.45, 2.75) is 6.92 Å². The number of hydrogen-bond acceptors (Lipinski definition) is 3. The Morgan fingerprint density at radius 1 is 1.05 bits per heavy atom. The number of aryl methyl sites for hydroxylation is 1. The second kappa shape index (κ2) is 4.59. The van der Waals surface area contributed by atoms with Crippen LogP contribution in [-0.2, 0) is 0 Å². The van der Waals surface area contributed by atoms with Gasteiger partial charge in [0.25, 0.3) is 5.89 Å². The number of hydrogen-bond donors (Lipinski definition) is 1. The SMILES string of the molecule is Cc1ccccc1-c1nc(-c2ccc3[nH]ccc3c2)no1.